The lowest BCUT2D eigenvalue weighted by Gasteiger charge is -2.26. The van der Waals surface area contributed by atoms with E-state index >= 15 is 0 Å². The lowest BCUT2D eigenvalue weighted by molar-refractivity contribution is 0.0371. The molecule has 6 nitrogen and oxygen atoms in total. The number of aryl methyl sites for hydroxylation is 2. The van der Waals surface area contributed by atoms with Crippen LogP contribution in [0.15, 0.2) is 30.5 Å². The van der Waals surface area contributed by atoms with E-state index in [4.69, 9.17) is 4.74 Å². The maximum atomic E-state index is 13.8. The molecule has 0 saturated carbocycles. The van der Waals surface area contributed by atoms with Gasteiger partial charge in [0, 0.05) is 56.3 Å². The molecule has 1 aliphatic rings. The van der Waals surface area contributed by atoms with Crippen LogP contribution in [0.25, 0.3) is 22.2 Å². The second-order valence-electron chi connectivity index (χ2n) is 7.33. The molecule has 0 N–H and O–H groups in total. The van der Waals surface area contributed by atoms with Crippen LogP contribution < -0.4 is 0 Å². The van der Waals surface area contributed by atoms with E-state index in [0.717, 1.165) is 61.4 Å². The number of nitrogens with zero attached hydrogens (tertiary/aromatic N) is 4. The van der Waals surface area contributed by atoms with Crippen molar-refractivity contribution in [2.45, 2.75) is 12.8 Å². The van der Waals surface area contributed by atoms with Crippen LogP contribution >= 0.6 is 0 Å². The molecule has 0 radical (unpaired) electrons. The van der Waals surface area contributed by atoms with Crippen LogP contribution in [0.3, 0.4) is 0 Å². The Bertz CT molecular complexity index is 1000. The van der Waals surface area contributed by atoms with Gasteiger partial charge in [-0.05, 0) is 37.2 Å². The van der Waals surface area contributed by atoms with Gasteiger partial charge in [0.15, 0.2) is 5.78 Å². The smallest absolute Gasteiger partial charge is 0.183 e. The molecule has 28 heavy (non-hydrogen) atoms. The maximum absolute atomic E-state index is 13.8. The van der Waals surface area contributed by atoms with Gasteiger partial charge in [0.05, 0.1) is 18.9 Å². The first-order valence-corrected chi connectivity index (χ1v) is 9.65. The van der Waals surface area contributed by atoms with Crippen LogP contribution in [0.4, 0.5) is 4.39 Å². The molecule has 148 valence electrons. The molecule has 3 aromatic rings. The topological polar surface area (TPSA) is 52.3 Å². The lowest BCUT2D eigenvalue weighted by atomic mass is 10.1. The number of benzene rings is 1. The van der Waals surface area contributed by atoms with Gasteiger partial charge >= 0.3 is 0 Å². The Balaban J connectivity index is 1.50. The summed E-state index contributed by atoms with van der Waals surface area (Å²) >= 11 is 0. The van der Waals surface area contributed by atoms with Crippen molar-refractivity contribution in [3.05, 3.63) is 42.0 Å². The molecule has 7 heteroatoms. The normalized spacial score (nSPS) is 15.4. The average molecular weight is 384 g/mol. The SMILES string of the molecule is Cn1nc(C(=O)CCCN2CCOCC2)cc1-c1cn(C)c2ccc(F)cc12. The third kappa shape index (κ3) is 3.72. The number of hydrogen-bond donors (Lipinski definition) is 0. The van der Waals surface area contributed by atoms with Crippen molar-refractivity contribution in [3.63, 3.8) is 0 Å². The van der Waals surface area contributed by atoms with Crippen molar-refractivity contribution < 1.29 is 13.9 Å². The number of rotatable bonds is 6. The number of ketones is 1. The molecule has 4 rings (SSSR count). The van der Waals surface area contributed by atoms with Gasteiger partial charge in [-0.2, -0.15) is 5.10 Å². The number of hydrogen-bond acceptors (Lipinski definition) is 4. The molecule has 0 bridgehead atoms. The number of morpholine rings is 1. The molecule has 0 spiro atoms. The number of Topliss-reactive ketones (excluding diaryl/α,β-unsaturated/α-hetero) is 1. The van der Waals surface area contributed by atoms with Gasteiger partial charge in [0.25, 0.3) is 0 Å². The van der Waals surface area contributed by atoms with Crippen molar-refractivity contribution in [1.29, 1.82) is 0 Å². The lowest BCUT2D eigenvalue weighted by Crippen LogP contribution is -2.36. The predicted molar refractivity (Wildman–Crippen MR) is 106 cm³/mol. The number of halogens is 1. The highest BCUT2D eigenvalue weighted by molar-refractivity contribution is 5.98. The summed E-state index contributed by atoms with van der Waals surface area (Å²) in [6.07, 6.45) is 3.23. The molecule has 0 amide bonds. The van der Waals surface area contributed by atoms with Gasteiger partial charge in [-0.3, -0.25) is 14.4 Å². The number of carbonyl (C=O) groups excluding carboxylic acids is 1. The van der Waals surface area contributed by atoms with Gasteiger partial charge in [0.2, 0.25) is 0 Å². The van der Waals surface area contributed by atoms with Crippen molar-refractivity contribution in [1.82, 2.24) is 19.2 Å². The third-order valence-electron chi connectivity index (χ3n) is 5.37. The second-order valence-corrected chi connectivity index (χ2v) is 7.33. The van der Waals surface area contributed by atoms with Crippen LogP contribution in [-0.4, -0.2) is 57.9 Å². The van der Waals surface area contributed by atoms with E-state index < -0.39 is 0 Å². The zero-order valence-electron chi connectivity index (χ0n) is 16.3. The first-order valence-electron chi connectivity index (χ1n) is 9.65. The Kier molecular flexibility index (Phi) is 5.28. The fourth-order valence-corrected chi connectivity index (χ4v) is 3.84. The molecule has 0 aliphatic carbocycles. The van der Waals surface area contributed by atoms with Crippen molar-refractivity contribution in [2.75, 3.05) is 32.8 Å². The molecule has 3 heterocycles. The first-order chi connectivity index (χ1) is 13.5. The van der Waals surface area contributed by atoms with E-state index in [2.05, 4.69) is 10.00 Å². The van der Waals surface area contributed by atoms with Gasteiger partial charge in [0.1, 0.15) is 11.5 Å². The number of fused-ring (bicyclic) bond motifs is 1. The Hall–Kier alpha value is -2.51. The molecular formula is C21H25FN4O2. The Morgan fingerprint density at radius 2 is 2.00 bits per heavy atom. The second kappa shape index (κ2) is 7.85. The summed E-state index contributed by atoms with van der Waals surface area (Å²) in [5, 5.41) is 5.24. The van der Waals surface area contributed by atoms with Crippen LogP contribution in [0.2, 0.25) is 0 Å². The van der Waals surface area contributed by atoms with E-state index in [1.807, 2.05) is 30.9 Å². The minimum atomic E-state index is -0.276. The number of aromatic nitrogens is 3. The van der Waals surface area contributed by atoms with E-state index in [9.17, 15) is 9.18 Å². The molecule has 1 fully saturated rings. The van der Waals surface area contributed by atoms with E-state index in [-0.39, 0.29) is 11.6 Å². The van der Waals surface area contributed by atoms with Crippen LogP contribution in [0.1, 0.15) is 23.3 Å². The van der Waals surface area contributed by atoms with E-state index in [1.165, 1.54) is 12.1 Å². The Morgan fingerprint density at radius 1 is 1.21 bits per heavy atom. The fraction of sp³-hybridized carbons (Fsp3) is 0.429. The summed E-state index contributed by atoms with van der Waals surface area (Å²) in [5.74, 6) is -0.233. The van der Waals surface area contributed by atoms with Crippen molar-refractivity contribution >= 4 is 16.7 Å². The molecule has 0 unspecified atom stereocenters. The summed E-state index contributed by atoms with van der Waals surface area (Å²) < 4.78 is 22.8. The van der Waals surface area contributed by atoms with Gasteiger partial charge in [-0.25, -0.2) is 4.39 Å². The summed E-state index contributed by atoms with van der Waals surface area (Å²) in [6.45, 7) is 4.29. The molecular weight excluding hydrogens is 359 g/mol. The number of carbonyl (C=O) groups is 1. The Morgan fingerprint density at radius 3 is 2.79 bits per heavy atom. The number of ether oxygens (including phenoxy) is 1. The summed E-state index contributed by atoms with van der Waals surface area (Å²) in [4.78, 5) is 14.9. The average Bonchev–Trinajstić information content (AvgIpc) is 3.22. The molecule has 1 aliphatic heterocycles. The minimum Gasteiger partial charge on any atom is -0.379 e. The Labute approximate surface area is 163 Å². The predicted octanol–water partition coefficient (Wildman–Crippen LogP) is 3.01. The molecule has 0 atom stereocenters. The molecule has 2 aromatic heterocycles. The maximum Gasteiger partial charge on any atom is 0.183 e. The van der Waals surface area contributed by atoms with Crippen molar-refractivity contribution in [3.8, 4) is 11.3 Å². The zero-order chi connectivity index (χ0) is 19.7. The van der Waals surface area contributed by atoms with E-state index in [1.54, 1.807) is 10.7 Å². The molecule has 1 saturated heterocycles. The highest BCUT2D eigenvalue weighted by Gasteiger charge is 2.18. The quantitative estimate of drug-likeness (QED) is 0.613. The zero-order valence-corrected chi connectivity index (χ0v) is 16.3. The standard InChI is InChI=1S/C21H25FN4O2/c1-24-14-17(16-12-15(22)5-6-19(16)24)20-13-18(23-25(20)2)21(27)4-3-7-26-8-10-28-11-9-26/h5-6,12-14H,3-4,7-11H2,1-2H3. The largest absolute Gasteiger partial charge is 0.379 e. The van der Waals surface area contributed by atoms with Crippen molar-refractivity contribution in [2.24, 2.45) is 14.1 Å². The monoisotopic (exact) mass is 384 g/mol. The van der Waals surface area contributed by atoms with Gasteiger partial charge in [-0.15, -0.1) is 0 Å². The third-order valence-corrected chi connectivity index (χ3v) is 5.37. The van der Waals surface area contributed by atoms with Gasteiger partial charge in [-0.1, -0.05) is 0 Å². The van der Waals surface area contributed by atoms with Crippen LogP contribution in [0.5, 0.6) is 0 Å². The highest BCUT2D eigenvalue weighted by Crippen LogP contribution is 2.31. The molecule has 1 aromatic carbocycles. The highest BCUT2D eigenvalue weighted by atomic mass is 19.1. The van der Waals surface area contributed by atoms with Crippen LogP contribution in [0, 0.1) is 5.82 Å². The summed E-state index contributed by atoms with van der Waals surface area (Å²) in [6, 6.07) is 6.57. The van der Waals surface area contributed by atoms with Crippen LogP contribution in [-0.2, 0) is 18.8 Å². The minimum absolute atomic E-state index is 0.0431. The fourth-order valence-electron chi connectivity index (χ4n) is 3.84. The summed E-state index contributed by atoms with van der Waals surface area (Å²) in [7, 11) is 3.75. The van der Waals surface area contributed by atoms with Gasteiger partial charge < -0.3 is 9.30 Å². The summed E-state index contributed by atoms with van der Waals surface area (Å²) in [5.41, 5.74) is 3.09. The first kappa shape index (κ1) is 18.8. The van der Waals surface area contributed by atoms with E-state index in [0.29, 0.717) is 12.1 Å².